The van der Waals surface area contributed by atoms with Crippen molar-refractivity contribution in [2.75, 3.05) is 33.0 Å². The molecule has 0 amide bonds. The second-order valence-corrected chi connectivity index (χ2v) is 29.2. The minimum absolute atomic E-state index is 0.0425. The van der Waals surface area contributed by atoms with E-state index in [1.165, 1.54) is 0 Å². The molecular formula is C61H104O28. The zero-order valence-corrected chi connectivity index (χ0v) is 52.1. The Balaban J connectivity index is 0.884. The SMILES string of the molecule is C[C@H](CC[C@@H](CC1OC(COC2OC(CO)C(O)C(O)C2O)C(O)C(O)C1OC1OC(CO)C(O)C(O)C1O)C(C)(C)O)C1CC[C@@]2(C)[C@@H]3CC=C4[C@@H](CC[C@H](OC5OC(CO)C(OC6OC(CO)C(O)C(O)C6O)C(O)C5O)C4(C)C)[C@]3(C)[C@H](O)C[C@]12C. The smallest absolute Gasteiger partial charge is 0.187 e. The topological polar surface area (TPSA) is 467 Å². The number of hydrogen-bond acceptors (Lipinski definition) is 28. The molecule has 0 aromatic carbocycles. The lowest BCUT2D eigenvalue weighted by Gasteiger charge is -2.67. The highest BCUT2D eigenvalue weighted by Crippen LogP contribution is 2.75. The van der Waals surface area contributed by atoms with Crippen molar-refractivity contribution in [1.29, 1.82) is 0 Å². The molecule has 5 saturated heterocycles. The highest BCUT2D eigenvalue weighted by molar-refractivity contribution is 5.32. The van der Waals surface area contributed by atoms with Crippen molar-refractivity contribution in [2.24, 2.45) is 51.2 Å². The Morgan fingerprint density at radius 3 is 1.51 bits per heavy atom. The van der Waals surface area contributed by atoms with Gasteiger partial charge in [0.2, 0.25) is 0 Å². The molecule has 35 atom stereocenters. The fourth-order valence-electron chi connectivity index (χ4n) is 17.7. The van der Waals surface area contributed by atoms with Gasteiger partial charge in [-0.15, -0.1) is 0 Å². The second kappa shape index (κ2) is 27.6. The van der Waals surface area contributed by atoms with E-state index in [0.717, 1.165) is 18.4 Å². The van der Waals surface area contributed by atoms with Crippen molar-refractivity contribution < 1.29 is 140 Å². The molecule has 28 heteroatoms. The van der Waals surface area contributed by atoms with Crippen LogP contribution < -0.4 is 0 Å². The van der Waals surface area contributed by atoms with Gasteiger partial charge in [0.05, 0.1) is 56.9 Å². The van der Waals surface area contributed by atoms with Crippen molar-refractivity contribution in [1.82, 2.24) is 0 Å². The summed E-state index contributed by atoms with van der Waals surface area (Å²) in [6.45, 7) is 12.9. The molecule has 28 nitrogen and oxygen atoms in total. The van der Waals surface area contributed by atoms with Gasteiger partial charge in [0.15, 0.2) is 25.2 Å². The first-order valence-electron chi connectivity index (χ1n) is 31.9. The maximum Gasteiger partial charge on any atom is 0.187 e. The molecule has 0 radical (unpaired) electrons. The molecule has 0 aromatic rings. The molecule has 19 N–H and O–H groups in total. The third-order valence-electron chi connectivity index (χ3n) is 23.5. The summed E-state index contributed by atoms with van der Waals surface area (Å²) >= 11 is 0. The molecule has 3 saturated carbocycles. The van der Waals surface area contributed by atoms with Gasteiger partial charge in [-0.25, -0.2) is 0 Å². The fourth-order valence-corrected chi connectivity index (χ4v) is 17.7. The van der Waals surface area contributed by atoms with Gasteiger partial charge in [0.1, 0.15) is 122 Å². The van der Waals surface area contributed by atoms with Crippen LogP contribution in [0.5, 0.6) is 0 Å². The van der Waals surface area contributed by atoms with Crippen molar-refractivity contribution in [3.05, 3.63) is 11.6 Å². The highest BCUT2D eigenvalue weighted by atomic mass is 16.8. The van der Waals surface area contributed by atoms with E-state index in [1.807, 2.05) is 0 Å². The monoisotopic (exact) mass is 1280 g/mol. The van der Waals surface area contributed by atoms with Crippen molar-refractivity contribution in [3.8, 4) is 0 Å². The van der Waals surface area contributed by atoms with Crippen LogP contribution in [0.3, 0.4) is 0 Å². The standard InChI is InChI=1S/C61H104O28/c1-24(9-10-25(58(4,5)80)17-29-51(88-55-48(77)43(72)39(68)31(20-63)84-55)45(74)41(70)34(82-29)23-81-53-47(76)42(71)38(67)30(19-62)83-53)26-15-16-59(6)35-13-11-27-28(61(35,8)36(66)18-60(26,59)7)12-14-37(57(27,2)3)87-54-50(79)46(75)52(33(22-65)86-54)89-56-49(78)44(73)40(69)32(21-64)85-56/h11,24-26,28-56,62-80H,9-10,12-23H2,1-8H3/t24-,25+,26?,28-,29?,30?,31?,32?,33?,34?,35+,36-,37+,38?,39?,40?,41?,42?,43?,44?,45?,46?,47?,48?,49?,50?,51?,52?,53?,54?,55?,56?,59+,60-,61+/m1/s1. The van der Waals surface area contributed by atoms with Crippen molar-refractivity contribution in [2.45, 2.75) is 284 Å². The maximum absolute atomic E-state index is 12.9. The predicted molar refractivity (Wildman–Crippen MR) is 303 cm³/mol. The summed E-state index contributed by atoms with van der Waals surface area (Å²) in [6, 6.07) is 0. The lowest BCUT2D eigenvalue weighted by molar-refractivity contribution is -0.365. The zero-order chi connectivity index (χ0) is 65.5. The maximum atomic E-state index is 12.9. The van der Waals surface area contributed by atoms with Crippen LogP contribution in [-0.4, -0.2) is 301 Å². The van der Waals surface area contributed by atoms with Crippen molar-refractivity contribution in [3.63, 3.8) is 0 Å². The van der Waals surface area contributed by atoms with E-state index in [-0.39, 0.29) is 40.9 Å². The summed E-state index contributed by atoms with van der Waals surface area (Å²) in [5.41, 5.74) is -2.15. The number of aliphatic hydroxyl groups excluding tert-OH is 18. The number of aliphatic hydroxyl groups is 19. The number of allylic oxidation sites excluding steroid dienone is 1. The summed E-state index contributed by atoms with van der Waals surface area (Å²) < 4.78 is 53.4. The Morgan fingerprint density at radius 2 is 0.978 bits per heavy atom. The minimum atomic E-state index is -1.89. The summed E-state index contributed by atoms with van der Waals surface area (Å²) in [5.74, 6) is -0.451. The lowest BCUT2D eigenvalue weighted by Crippen LogP contribution is -2.66. The van der Waals surface area contributed by atoms with E-state index in [2.05, 4.69) is 47.6 Å². The van der Waals surface area contributed by atoms with Gasteiger partial charge >= 0.3 is 0 Å². The molecule has 26 unspecified atom stereocenters. The molecule has 89 heavy (non-hydrogen) atoms. The van der Waals surface area contributed by atoms with Crippen LogP contribution in [0.2, 0.25) is 0 Å². The second-order valence-electron chi connectivity index (χ2n) is 29.2. The van der Waals surface area contributed by atoms with Gasteiger partial charge in [-0.2, -0.15) is 0 Å². The molecule has 5 aliphatic heterocycles. The molecule has 9 rings (SSSR count). The first kappa shape index (κ1) is 71.9. The van der Waals surface area contributed by atoms with Crippen LogP contribution in [0.1, 0.15) is 113 Å². The quantitative estimate of drug-likeness (QED) is 0.0509. The van der Waals surface area contributed by atoms with Crippen LogP contribution in [0, 0.1) is 51.2 Å². The van der Waals surface area contributed by atoms with Crippen LogP contribution in [0.15, 0.2) is 11.6 Å². The van der Waals surface area contributed by atoms with Gasteiger partial charge in [-0.05, 0) is 106 Å². The number of fused-ring (bicyclic) bond motifs is 5. The van der Waals surface area contributed by atoms with Gasteiger partial charge in [-0.1, -0.05) is 59.6 Å². The third kappa shape index (κ3) is 13.0. The van der Waals surface area contributed by atoms with Crippen LogP contribution >= 0.6 is 0 Å². The van der Waals surface area contributed by atoms with Gasteiger partial charge in [0, 0.05) is 10.8 Å². The summed E-state index contributed by atoms with van der Waals surface area (Å²) in [5, 5.41) is 206. The minimum Gasteiger partial charge on any atom is -0.394 e. The fraction of sp³-hybridized carbons (Fsp3) is 0.967. The average Bonchev–Trinajstić information content (AvgIpc) is 1.66. The van der Waals surface area contributed by atoms with Crippen LogP contribution in [-0.2, 0) is 42.6 Å². The van der Waals surface area contributed by atoms with Crippen LogP contribution in [0.25, 0.3) is 0 Å². The number of hydrogen-bond donors (Lipinski definition) is 19. The van der Waals surface area contributed by atoms with Crippen LogP contribution in [0.4, 0.5) is 0 Å². The van der Waals surface area contributed by atoms with E-state index in [4.69, 9.17) is 42.6 Å². The molecule has 5 heterocycles. The Bertz CT molecular complexity index is 2340. The average molecular weight is 1290 g/mol. The molecule has 0 spiro atoms. The van der Waals surface area contributed by atoms with E-state index in [9.17, 15) is 97.0 Å². The van der Waals surface area contributed by atoms with E-state index >= 15 is 0 Å². The zero-order valence-electron chi connectivity index (χ0n) is 52.1. The third-order valence-corrected chi connectivity index (χ3v) is 23.5. The molecule has 4 aliphatic carbocycles. The Labute approximate surface area is 518 Å². The normalized spacial score (nSPS) is 51.8. The molecule has 8 fully saturated rings. The summed E-state index contributed by atoms with van der Waals surface area (Å²) in [6.07, 6.45) is -34.6. The van der Waals surface area contributed by atoms with Gasteiger partial charge < -0.3 is 140 Å². The molecule has 516 valence electrons. The largest absolute Gasteiger partial charge is 0.394 e. The molecule has 0 aromatic heterocycles. The highest BCUT2D eigenvalue weighted by Gasteiger charge is 2.70. The molecule has 9 aliphatic rings. The van der Waals surface area contributed by atoms with E-state index < -0.39 is 221 Å². The number of rotatable bonds is 20. The summed E-state index contributed by atoms with van der Waals surface area (Å²) in [4.78, 5) is 0. The Morgan fingerprint density at radius 1 is 0.517 bits per heavy atom. The first-order valence-corrected chi connectivity index (χ1v) is 31.9. The van der Waals surface area contributed by atoms with E-state index in [0.29, 0.717) is 38.5 Å². The summed E-state index contributed by atoms with van der Waals surface area (Å²) in [7, 11) is 0. The van der Waals surface area contributed by atoms with E-state index in [1.54, 1.807) is 13.8 Å². The van der Waals surface area contributed by atoms with Gasteiger partial charge in [-0.3, -0.25) is 0 Å². The molecule has 0 bridgehead atoms. The predicted octanol–water partition coefficient (Wildman–Crippen LogP) is -4.74. The molecular weight excluding hydrogens is 1180 g/mol. The Kier molecular flexibility index (Phi) is 22.3. The van der Waals surface area contributed by atoms with Crippen molar-refractivity contribution >= 4 is 0 Å². The lowest BCUT2D eigenvalue weighted by atomic mass is 9.38. The Hall–Kier alpha value is -1.38. The first-order chi connectivity index (χ1) is 41.7. The number of ether oxygens (including phenoxy) is 9. The van der Waals surface area contributed by atoms with Gasteiger partial charge in [0.25, 0.3) is 0 Å².